The lowest BCUT2D eigenvalue weighted by Crippen LogP contribution is -2.36. The van der Waals surface area contributed by atoms with Crippen LogP contribution in [0.3, 0.4) is 0 Å². The number of anilines is 2. The average molecular weight is 236 g/mol. The Morgan fingerprint density at radius 1 is 1.47 bits per heavy atom. The lowest BCUT2D eigenvalue weighted by molar-refractivity contribution is -0.119. The number of carbonyl (C=O) groups is 1. The highest BCUT2D eigenvalue weighted by Gasteiger charge is 2.10. The van der Waals surface area contributed by atoms with E-state index in [2.05, 4.69) is 22.5 Å². The van der Waals surface area contributed by atoms with Gasteiger partial charge in [0.2, 0.25) is 5.91 Å². The molecule has 0 unspecified atom stereocenters. The van der Waals surface area contributed by atoms with Crippen molar-refractivity contribution in [3.05, 3.63) is 18.3 Å². The van der Waals surface area contributed by atoms with Crippen LogP contribution < -0.4 is 15.5 Å². The third-order valence-corrected chi connectivity index (χ3v) is 2.47. The molecule has 0 saturated carbocycles. The van der Waals surface area contributed by atoms with E-state index in [1.807, 2.05) is 24.1 Å². The lowest BCUT2D eigenvalue weighted by Gasteiger charge is -2.23. The molecule has 0 fully saturated rings. The second kappa shape index (κ2) is 6.73. The number of amides is 1. The van der Waals surface area contributed by atoms with Gasteiger partial charge in [-0.25, -0.2) is 4.98 Å². The first-order valence-corrected chi connectivity index (χ1v) is 5.80. The first-order valence-electron chi connectivity index (χ1n) is 5.80. The summed E-state index contributed by atoms with van der Waals surface area (Å²) in [6.07, 6.45) is 2.74. The van der Waals surface area contributed by atoms with E-state index in [1.165, 1.54) is 0 Å². The molecule has 5 nitrogen and oxygen atoms in total. The zero-order valence-electron chi connectivity index (χ0n) is 10.7. The fourth-order valence-electron chi connectivity index (χ4n) is 1.57. The van der Waals surface area contributed by atoms with Crippen molar-refractivity contribution in [1.29, 1.82) is 0 Å². The Bertz CT molecular complexity index is 367. The fraction of sp³-hybridized carbons (Fsp3) is 0.500. The quantitative estimate of drug-likeness (QED) is 0.776. The van der Waals surface area contributed by atoms with Gasteiger partial charge in [-0.05, 0) is 12.5 Å². The molecule has 0 radical (unpaired) electrons. The van der Waals surface area contributed by atoms with E-state index in [-0.39, 0.29) is 5.91 Å². The number of aromatic nitrogens is 1. The minimum absolute atomic E-state index is 0.0151. The Morgan fingerprint density at radius 3 is 2.82 bits per heavy atom. The smallest absolute Gasteiger partial charge is 0.239 e. The van der Waals surface area contributed by atoms with Crippen molar-refractivity contribution < 1.29 is 4.79 Å². The number of hydrogen-bond acceptors (Lipinski definition) is 4. The molecule has 0 aliphatic carbocycles. The number of nitrogens with zero attached hydrogens (tertiary/aromatic N) is 2. The summed E-state index contributed by atoms with van der Waals surface area (Å²) < 4.78 is 0. The molecule has 0 bridgehead atoms. The van der Waals surface area contributed by atoms with Crippen LogP contribution in [-0.2, 0) is 4.79 Å². The molecule has 0 aromatic carbocycles. The maximum Gasteiger partial charge on any atom is 0.239 e. The molecular formula is C12H20N4O. The highest BCUT2D eigenvalue weighted by molar-refractivity contribution is 5.81. The molecule has 1 aromatic heterocycles. The highest BCUT2D eigenvalue weighted by Crippen LogP contribution is 2.17. The largest absolute Gasteiger partial charge is 0.373 e. The van der Waals surface area contributed by atoms with Gasteiger partial charge in [0, 0.05) is 38.6 Å². The third-order valence-electron chi connectivity index (χ3n) is 2.47. The predicted octanol–water partition coefficient (Wildman–Crippen LogP) is 1.09. The van der Waals surface area contributed by atoms with Crippen molar-refractivity contribution in [3.63, 3.8) is 0 Å². The molecule has 1 aromatic rings. The number of likely N-dealkylation sites (N-methyl/N-ethyl adjacent to an activating group) is 1. The molecule has 0 spiro atoms. The van der Waals surface area contributed by atoms with E-state index in [0.29, 0.717) is 6.54 Å². The Hall–Kier alpha value is -1.78. The first kappa shape index (κ1) is 13.3. The van der Waals surface area contributed by atoms with Crippen molar-refractivity contribution in [1.82, 2.24) is 10.3 Å². The molecule has 0 aliphatic rings. The van der Waals surface area contributed by atoms with Crippen molar-refractivity contribution >= 4 is 17.4 Å². The van der Waals surface area contributed by atoms with E-state index in [1.54, 1.807) is 13.2 Å². The van der Waals surface area contributed by atoms with Crippen LogP contribution in [0.5, 0.6) is 0 Å². The van der Waals surface area contributed by atoms with Gasteiger partial charge in [-0.15, -0.1) is 0 Å². The van der Waals surface area contributed by atoms with Gasteiger partial charge in [-0.3, -0.25) is 4.79 Å². The molecule has 5 heteroatoms. The summed E-state index contributed by atoms with van der Waals surface area (Å²) in [4.78, 5) is 17.6. The van der Waals surface area contributed by atoms with Crippen LogP contribution in [0.1, 0.15) is 13.3 Å². The van der Waals surface area contributed by atoms with Crippen LogP contribution >= 0.6 is 0 Å². The number of hydrogen-bond donors (Lipinski definition) is 2. The summed E-state index contributed by atoms with van der Waals surface area (Å²) in [5.74, 6) is 0.821. The van der Waals surface area contributed by atoms with Crippen molar-refractivity contribution in [2.24, 2.45) is 0 Å². The first-order chi connectivity index (χ1) is 8.21. The van der Waals surface area contributed by atoms with Crippen LogP contribution in [0.4, 0.5) is 11.5 Å². The van der Waals surface area contributed by atoms with E-state index in [0.717, 1.165) is 24.5 Å². The summed E-state index contributed by atoms with van der Waals surface area (Å²) in [5, 5.41) is 5.63. The minimum atomic E-state index is 0.0151. The van der Waals surface area contributed by atoms with Gasteiger partial charge in [0.1, 0.15) is 5.82 Å². The lowest BCUT2D eigenvalue weighted by atomic mass is 10.3. The van der Waals surface area contributed by atoms with Gasteiger partial charge < -0.3 is 15.5 Å². The second-order valence-corrected chi connectivity index (χ2v) is 3.74. The van der Waals surface area contributed by atoms with E-state index in [4.69, 9.17) is 0 Å². The zero-order chi connectivity index (χ0) is 12.7. The third kappa shape index (κ3) is 3.94. The number of nitrogens with one attached hydrogen (secondary N) is 2. The number of pyridine rings is 1. The number of carbonyl (C=O) groups excluding carboxylic acids is 1. The molecule has 1 rings (SSSR count). The van der Waals surface area contributed by atoms with Gasteiger partial charge in [-0.2, -0.15) is 0 Å². The molecule has 0 saturated heterocycles. The standard InChI is InChI=1S/C12H20N4O/c1-4-7-16(9-12(17)14-3)10-5-6-15-11(8-10)13-2/h5-6,8H,4,7,9H2,1-3H3,(H,13,15)(H,14,17). The van der Waals surface area contributed by atoms with Gasteiger partial charge in [0.15, 0.2) is 0 Å². The zero-order valence-corrected chi connectivity index (χ0v) is 10.7. The molecule has 17 heavy (non-hydrogen) atoms. The fourth-order valence-corrected chi connectivity index (χ4v) is 1.57. The normalized spacial score (nSPS) is 9.82. The Balaban J connectivity index is 2.84. The van der Waals surface area contributed by atoms with E-state index >= 15 is 0 Å². The minimum Gasteiger partial charge on any atom is -0.373 e. The van der Waals surface area contributed by atoms with E-state index in [9.17, 15) is 4.79 Å². The maximum absolute atomic E-state index is 11.4. The van der Waals surface area contributed by atoms with E-state index < -0.39 is 0 Å². The summed E-state index contributed by atoms with van der Waals surface area (Å²) in [6.45, 7) is 3.31. The van der Waals surface area contributed by atoms with Gasteiger partial charge >= 0.3 is 0 Å². The summed E-state index contributed by atoms with van der Waals surface area (Å²) in [5.41, 5.74) is 1.01. The number of rotatable bonds is 6. The monoisotopic (exact) mass is 236 g/mol. The van der Waals surface area contributed by atoms with Crippen molar-refractivity contribution in [2.45, 2.75) is 13.3 Å². The topological polar surface area (TPSA) is 57.3 Å². The van der Waals surface area contributed by atoms with Gasteiger partial charge in [0.25, 0.3) is 0 Å². The van der Waals surface area contributed by atoms with Gasteiger partial charge in [-0.1, -0.05) is 6.92 Å². The Kier molecular flexibility index (Phi) is 5.26. The Morgan fingerprint density at radius 2 is 2.24 bits per heavy atom. The van der Waals surface area contributed by atoms with Crippen LogP contribution in [0, 0.1) is 0 Å². The van der Waals surface area contributed by atoms with Crippen LogP contribution in [0.15, 0.2) is 18.3 Å². The molecular weight excluding hydrogens is 216 g/mol. The molecule has 0 aliphatic heterocycles. The molecule has 1 heterocycles. The predicted molar refractivity (Wildman–Crippen MR) is 70.4 cm³/mol. The molecule has 2 N–H and O–H groups in total. The Labute approximate surface area is 102 Å². The molecule has 1 amide bonds. The molecule has 0 atom stereocenters. The van der Waals surface area contributed by atoms with Crippen LogP contribution in [0.25, 0.3) is 0 Å². The summed E-state index contributed by atoms with van der Waals surface area (Å²) >= 11 is 0. The SMILES string of the molecule is CCCN(CC(=O)NC)c1ccnc(NC)c1. The van der Waals surface area contributed by atoms with Crippen molar-refractivity contribution in [3.8, 4) is 0 Å². The maximum atomic E-state index is 11.4. The summed E-state index contributed by atoms with van der Waals surface area (Å²) in [7, 11) is 3.48. The van der Waals surface area contributed by atoms with Crippen LogP contribution in [-0.4, -0.2) is 38.1 Å². The van der Waals surface area contributed by atoms with Crippen molar-refractivity contribution in [2.75, 3.05) is 37.4 Å². The second-order valence-electron chi connectivity index (χ2n) is 3.74. The summed E-state index contributed by atoms with van der Waals surface area (Å²) in [6, 6.07) is 3.86. The molecule has 94 valence electrons. The average Bonchev–Trinajstić information content (AvgIpc) is 2.38. The van der Waals surface area contributed by atoms with Gasteiger partial charge in [0.05, 0.1) is 6.54 Å². The van der Waals surface area contributed by atoms with Crippen LogP contribution in [0.2, 0.25) is 0 Å². The highest BCUT2D eigenvalue weighted by atomic mass is 16.1.